The predicted molar refractivity (Wildman–Crippen MR) is 118 cm³/mol. The van der Waals surface area contributed by atoms with Crippen LogP contribution in [-0.2, 0) is 26.3 Å². The van der Waals surface area contributed by atoms with E-state index < -0.39 is 19.9 Å². The van der Waals surface area contributed by atoms with Gasteiger partial charge in [-0.1, -0.05) is 53.5 Å². The van der Waals surface area contributed by atoms with Crippen LogP contribution in [0.4, 0.5) is 0 Å². The number of nitrogens with one attached hydrogen (secondary N) is 1. The Hall–Kier alpha value is -1.90. The molecule has 0 aliphatic rings. The Kier molecular flexibility index (Phi) is 6.89. The molecular weight excluding hydrogens is 465 g/mol. The van der Waals surface area contributed by atoms with Crippen molar-refractivity contribution in [1.82, 2.24) is 4.72 Å². The van der Waals surface area contributed by atoms with E-state index in [9.17, 15) is 16.8 Å². The second kappa shape index (κ2) is 9.08. The number of hydrogen-bond donors (Lipinski definition) is 1. The van der Waals surface area contributed by atoms with Gasteiger partial charge in [0.05, 0.1) is 14.7 Å². The quantitative estimate of drug-likeness (QED) is 0.529. The summed E-state index contributed by atoms with van der Waals surface area (Å²) >= 11 is 12.2. The molecule has 0 atom stereocenters. The summed E-state index contributed by atoms with van der Waals surface area (Å²) in [4.78, 5) is -0.0860. The normalized spacial score (nSPS) is 12.1. The molecule has 0 unspecified atom stereocenters. The zero-order chi connectivity index (χ0) is 21.9. The monoisotopic (exact) mass is 483 g/mol. The number of halogens is 2. The van der Waals surface area contributed by atoms with E-state index in [4.69, 9.17) is 23.2 Å². The fourth-order valence-electron chi connectivity index (χ4n) is 2.93. The Labute approximate surface area is 186 Å². The van der Waals surface area contributed by atoms with Gasteiger partial charge >= 0.3 is 0 Å². The van der Waals surface area contributed by atoms with Gasteiger partial charge in [0.2, 0.25) is 19.9 Å². The van der Waals surface area contributed by atoms with Gasteiger partial charge in [0.1, 0.15) is 0 Å². The third-order valence-corrected chi connectivity index (χ3v) is 8.62. The van der Waals surface area contributed by atoms with Gasteiger partial charge in [-0.05, 0) is 60.9 Å². The summed E-state index contributed by atoms with van der Waals surface area (Å²) in [5, 5.41) is 0.905. The first-order chi connectivity index (χ1) is 14.1. The highest BCUT2D eigenvalue weighted by atomic mass is 35.5. The zero-order valence-electron chi connectivity index (χ0n) is 16.0. The molecule has 0 fully saturated rings. The summed E-state index contributed by atoms with van der Waals surface area (Å²) in [5.41, 5.74) is 1.07. The maximum Gasteiger partial charge on any atom is 0.240 e. The Morgan fingerprint density at radius 3 is 2.07 bits per heavy atom. The molecule has 0 spiro atoms. The summed E-state index contributed by atoms with van der Waals surface area (Å²) in [7, 11) is -7.79. The van der Waals surface area contributed by atoms with Crippen LogP contribution in [0.5, 0.6) is 0 Å². The van der Waals surface area contributed by atoms with Crippen LogP contribution in [0.2, 0.25) is 10.0 Å². The van der Waals surface area contributed by atoms with Gasteiger partial charge < -0.3 is 0 Å². The van der Waals surface area contributed by atoms with Crippen LogP contribution < -0.4 is 4.72 Å². The first-order valence-electron chi connectivity index (χ1n) is 8.96. The van der Waals surface area contributed by atoms with E-state index in [1.54, 1.807) is 43.3 Å². The number of rotatable bonds is 7. The molecule has 0 heterocycles. The molecule has 158 valence electrons. The van der Waals surface area contributed by atoms with E-state index in [2.05, 4.69) is 4.72 Å². The van der Waals surface area contributed by atoms with E-state index in [0.29, 0.717) is 27.6 Å². The van der Waals surface area contributed by atoms with Crippen molar-refractivity contribution in [3.8, 4) is 0 Å². The number of aryl methyl sites for hydroxylation is 1. The Morgan fingerprint density at radius 2 is 1.43 bits per heavy atom. The molecule has 3 aromatic rings. The summed E-state index contributed by atoms with van der Waals surface area (Å²) in [5.74, 6) is 0. The van der Waals surface area contributed by atoms with Gasteiger partial charge in [-0.2, -0.15) is 0 Å². The molecule has 0 aromatic heterocycles. The summed E-state index contributed by atoms with van der Waals surface area (Å²) in [6, 6.07) is 17.0. The topological polar surface area (TPSA) is 80.3 Å². The maximum atomic E-state index is 12.9. The SMILES string of the molecule is Cc1ccc(S(=O)(=O)c2ccccc2)cc1S(=O)(=O)NCCc1c(Cl)cccc1Cl. The number of hydrogen-bond acceptors (Lipinski definition) is 4. The maximum absolute atomic E-state index is 12.9. The second-order valence-corrected chi connectivity index (χ2v) is 11.1. The van der Waals surface area contributed by atoms with Gasteiger partial charge in [0, 0.05) is 16.6 Å². The average Bonchev–Trinajstić information content (AvgIpc) is 2.71. The molecule has 1 N–H and O–H groups in total. The van der Waals surface area contributed by atoms with E-state index >= 15 is 0 Å². The molecule has 3 aromatic carbocycles. The largest absolute Gasteiger partial charge is 0.240 e. The van der Waals surface area contributed by atoms with Crippen LogP contribution in [0.25, 0.3) is 0 Å². The average molecular weight is 484 g/mol. The van der Waals surface area contributed by atoms with Crippen molar-refractivity contribution in [2.45, 2.75) is 28.0 Å². The third-order valence-electron chi connectivity index (χ3n) is 4.54. The van der Waals surface area contributed by atoms with Crippen molar-refractivity contribution in [2.75, 3.05) is 6.54 Å². The van der Waals surface area contributed by atoms with Gasteiger partial charge in [-0.25, -0.2) is 21.6 Å². The number of benzene rings is 3. The van der Waals surface area contributed by atoms with Gasteiger partial charge in [0.15, 0.2) is 0 Å². The smallest absolute Gasteiger partial charge is 0.219 e. The summed E-state index contributed by atoms with van der Waals surface area (Å²) in [6.45, 7) is 1.67. The molecular formula is C21H19Cl2NO4S2. The number of sulfone groups is 1. The summed E-state index contributed by atoms with van der Waals surface area (Å²) in [6.07, 6.45) is 0.290. The lowest BCUT2D eigenvalue weighted by Crippen LogP contribution is -2.27. The van der Waals surface area contributed by atoms with Gasteiger partial charge in [-0.3, -0.25) is 0 Å². The van der Waals surface area contributed by atoms with Crippen molar-refractivity contribution in [1.29, 1.82) is 0 Å². The predicted octanol–water partition coefficient (Wildman–Crippen LogP) is 4.66. The molecule has 0 radical (unpaired) electrons. The van der Waals surface area contributed by atoms with Crippen LogP contribution >= 0.6 is 23.2 Å². The van der Waals surface area contributed by atoms with E-state index in [1.165, 1.54) is 30.3 Å². The molecule has 0 aliphatic heterocycles. The second-order valence-electron chi connectivity index (χ2n) is 6.59. The zero-order valence-corrected chi connectivity index (χ0v) is 19.1. The lowest BCUT2D eigenvalue weighted by Gasteiger charge is -2.12. The fraction of sp³-hybridized carbons (Fsp3) is 0.143. The Balaban J connectivity index is 1.87. The minimum absolute atomic E-state index is 0.0564. The highest BCUT2D eigenvalue weighted by Crippen LogP contribution is 2.26. The molecule has 0 saturated heterocycles. The van der Waals surface area contributed by atoms with Crippen LogP contribution in [-0.4, -0.2) is 23.4 Å². The van der Waals surface area contributed by atoms with Crippen molar-refractivity contribution in [3.05, 3.63) is 87.9 Å². The highest BCUT2D eigenvalue weighted by Gasteiger charge is 2.23. The molecule has 30 heavy (non-hydrogen) atoms. The molecule has 9 heteroatoms. The van der Waals surface area contributed by atoms with Crippen LogP contribution in [0, 0.1) is 6.92 Å². The minimum atomic E-state index is -3.95. The third kappa shape index (κ3) is 4.87. The van der Waals surface area contributed by atoms with Crippen LogP contribution in [0.1, 0.15) is 11.1 Å². The van der Waals surface area contributed by atoms with Crippen molar-refractivity contribution < 1.29 is 16.8 Å². The first-order valence-corrected chi connectivity index (χ1v) is 12.7. The highest BCUT2D eigenvalue weighted by molar-refractivity contribution is 7.91. The van der Waals surface area contributed by atoms with E-state index in [1.807, 2.05) is 0 Å². The van der Waals surface area contributed by atoms with Crippen LogP contribution in [0.3, 0.4) is 0 Å². The van der Waals surface area contributed by atoms with Crippen molar-refractivity contribution in [2.24, 2.45) is 0 Å². The molecule has 0 bridgehead atoms. The van der Waals surface area contributed by atoms with Gasteiger partial charge in [-0.15, -0.1) is 0 Å². The molecule has 5 nitrogen and oxygen atoms in total. The standard InChI is InChI=1S/C21H19Cl2NO4S2/c1-15-10-11-17(29(25,26)16-6-3-2-4-7-16)14-21(15)30(27,28)24-13-12-18-19(22)8-5-9-20(18)23/h2-11,14,24H,12-13H2,1H3. The first kappa shape index (κ1) is 22.8. The Morgan fingerprint density at radius 1 is 0.800 bits per heavy atom. The summed E-state index contributed by atoms with van der Waals surface area (Å²) < 4.78 is 53.9. The molecule has 3 rings (SSSR count). The van der Waals surface area contributed by atoms with E-state index in [0.717, 1.165) is 0 Å². The van der Waals surface area contributed by atoms with Gasteiger partial charge in [0.25, 0.3) is 0 Å². The van der Waals surface area contributed by atoms with E-state index in [-0.39, 0.29) is 21.2 Å². The molecule has 0 aliphatic carbocycles. The number of sulfonamides is 1. The minimum Gasteiger partial charge on any atom is -0.219 e. The van der Waals surface area contributed by atoms with Crippen molar-refractivity contribution in [3.63, 3.8) is 0 Å². The lowest BCUT2D eigenvalue weighted by molar-refractivity contribution is 0.580. The molecule has 0 saturated carbocycles. The van der Waals surface area contributed by atoms with Crippen LogP contribution in [0.15, 0.2) is 81.4 Å². The fourth-order valence-corrected chi connectivity index (χ4v) is 6.20. The lowest BCUT2D eigenvalue weighted by atomic mass is 10.1. The molecule has 0 amide bonds. The van der Waals surface area contributed by atoms with Crippen molar-refractivity contribution >= 4 is 43.1 Å². The Bertz CT molecular complexity index is 1260.